The van der Waals surface area contributed by atoms with Crippen LogP contribution in [0.15, 0.2) is 24.4 Å². The van der Waals surface area contributed by atoms with Crippen molar-refractivity contribution in [2.45, 2.75) is 6.92 Å². The van der Waals surface area contributed by atoms with Crippen LogP contribution in [0.1, 0.15) is 17.3 Å². The summed E-state index contributed by atoms with van der Waals surface area (Å²) in [5.41, 5.74) is 1.36. The van der Waals surface area contributed by atoms with Gasteiger partial charge in [0.25, 0.3) is 0 Å². The number of nitrogens with zero attached hydrogens (tertiary/aromatic N) is 1. The first-order valence-electron chi connectivity index (χ1n) is 5.65. The Morgan fingerprint density at radius 1 is 1.50 bits per heavy atom. The number of benzene rings is 1. The minimum absolute atomic E-state index is 0.404. The third-order valence-corrected chi connectivity index (χ3v) is 2.80. The number of aromatic amines is 1. The van der Waals surface area contributed by atoms with Crippen LogP contribution in [-0.4, -0.2) is 35.9 Å². The molecule has 1 N–H and O–H groups in total. The highest BCUT2D eigenvalue weighted by Crippen LogP contribution is 2.22. The zero-order valence-corrected chi connectivity index (χ0v) is 10.3. The molecule has 94 valence electrons. The molecule has 2 aromatic rings. The van der Waals surface area contributed by atoms with Crippen molar-refractivity contribution in [3.63, 3.8) is 0 Å². The Morgan fingerprint density at radius 3 is 2.94 bits per heavy atom. The van der Waals surface area contributed by atoms with Crippen LogP contribution in [-0.2, 0) is 0 Å². The van der Waals surface area contributed by atoms with Crippen LogP contribution in [0.3, 0.4) is 0 Å². The number of hydrogen-bond donors (Lipinski definition) is 1. The summed E-state index contributed by atoms with van der Waals surface area (Å²) in [5.74, 6) is 0.451. The number of ether oxygens (including phenoxy) is 1. The fourth-order valence-corrected chi connectivity index (χ4v) is 1.60. The second-order valence-corrected chi connectivity index (χ2v) is 3.95. The molecule has 0 bridgehead atoms. The molecular weight excluding hydrogens is 232 g/mol. The van der Waals surface area contributed by atoms with Crippen molar-refractivity contribution in [1.29, 1.82) is 0 Å². The van der Waals surface area contributed by atoms with Crippen LogP contribution in [0.2, 0.25) is 0 Å². The lowest BCUT2D eigenvalue weighted by atomic mass is 10.2. The number of amides is 1. The molecule has 0 saturated heterocycles. The molecule has 0 spiro atoms. The van der Waals surface area contributed by atoms with E-state index in [1.807, 2.05) is 6.92 Å². The van der Waals surface area contributed by atoms with Gasteiger partial charge in [-0.3, -0.25) is 4.79 Å². The number of hydrogen-bond acceptors (Lipinski definition) is 3. The van der Waals surface area contributed by atoms with E-state index < -0.39 is 6.09 Å². The van der Waals surface area contributed by atoms with E-state index in [2.05, 4.69) is 4.98 Å². The third-order valence-electron chi connectivity index (χ3n) is 2.80. The highest BCUT2D eigenvalue weighted by Gasteiger charge is 2.10. The number of rotatable bonds is 3. The Bertz CT molecular complexity index is 589. The van der Waals surface area contributed by atoms with Gasteiger partial charge in [0.05, 0.1) is 0 Å². The van der Waals surface area contributed by atoms with Crippen LogP contribution in [0.25, 0.3) is 10.9 Å². The molecule has 0 aliphatic rings. The number of H-pyrrole nitrogens is 1. The molecular formula is C13H14N2O3. The van der Waals surface area contributed by atoms with Crippen LogP contribution >= 0.6 is 0 Å². The number of carbonyl (C=O) groups excluding carboxylic acids is 2. The van der Waals surface area contributed by atoms with Gasteiger partial charge < -0.3 is 14.6 Å². The number of fused-ring (bicyclic) bond motifs is 1. The number of aromatic nitrogens is 1. The van der Waals surface area contributed by atoms with E-state index in [1.54, 1.807) is 31.4 Å². The third kappa shape index (κ3) is 2.20. The van der Waals surface area contributed by atoms with Crippen molar-refractivity contribution in [2.24, 2.45) is 0 Å². The Kier molecular flexibility index (Phi) is 3.32. The molecule has 1 aromatic heterocycles. The van der Waals surface area contributed by atoms with Crippen molar-refractivity contribution in [3.8, 4) is 5.75 Å². The highest BCUT2D eigenvalue weighted by molar-refractivity contribution is 5.97. The molecule has 5 heteroatoms. The average Bonchev–Trinajstić information content (AvgIpc) is 2.79. The van der Waals surface area contributed by atoms with E-state index in [0.29, 0.717) is 17.9 Å². The summed E-state index contributed by atoms with van der Waals surface area (Å²) in [7, 11) is 1.67. The predicted molar refractivity (Wildman–Crippen MR) is 68.0 cm³/mol. The lowest BCUT2D eigenvalue weighted by molar-refractivity contribution is 0.112. The van der Waals surface area contributed by atoms with Crippen molar-refractivity contribution in [2.75, 3.05) is 13.6 Å². The maximum atomic E-state index is 11.6. The van der Waals surface area contributed by atoms with Gasteiger partial charge in [0, 0.05) is 42.3 Å². The van der Waals surface area contributed by atoms with E-state index in [-0.39, 0.29) is 0 Å². The molecule has 0 unspecified atom stereocenters. The van der Waals surface area contributed by atoms with Crippen LogP contribution < -0.4 is 4.74 Å². The van der Waals surface area contributed by atoms with Gasteiger partial charge in [-0.15, -0.1) is 0 Å². The lowest BCUT2D eigenvalue weighted by Gasteiger charge is -2.14. The number of carbonyl (C=O) groups is 2. The summed E-state index contributed by atoms with van der Waals surface area (Å²) in [5, 5.41) is 0.814. The summed E-state index contributed by atoms with van der Waals surface area (Å²) in [6.07, 6.45) is 2.01. The second kappa shape index (κ2) is 4.91. The largest absolute Gasteiger partial charge is 0.414 e. The zero-order valence-electron chi connectivity index (χ0n) is 10.3. The molecule has 0 atom stereocenters. The van der Waals surface area contributed by atoms with E-state index in [9.17, 15) is 9.59 Å². The normalized spacial score (nSPS) is 10.3. The van der Waals surface area contributed by atoms with Crippen molar-refractivity contribution >= 4 is 23.3 Å². The molecule has 0 saturated carbocycles. The first kappa shape index (κ1) is 12.2. The molecule has 0 radical (unpaired) electrons. The minimum atomic E-state index is -0.404. The topological polar surface area (TPSA) is 62.4 Å². The molecule has 0 fully saturated rings. The molecule has 1 aromatic carbocycles. The van der Waals surface area contributed by atoms with Crippen LogP contribution in [0, 0.1) is 0 Å². The van der Waals surface area contributed by atoms with Crippen LogP contribution in [0.5, 0.6) is 5.75 Å². The Morgan fingerprint density at radius 2 is 2.28 bits per heavy atom. The summed E-state index contributed by atoms with van der Waals surface area (Å²) in [6, 6.07) is 5.12. The average molecular weight is 246 g/mol. The minimum Gasteiger partial charge on any atom is -0.410 e. The molecule has 18 heavy (non-hydrogen) atoms. The van der Waals surface area contributed by atoms with Gasteiger partial charge >= 0.3 is 6.09 Å². The summed E-state index contributed by atoms with van der Waals surface area (Å²) in [6.45, 7) is 2.45. The Hall–Kier alpha value is -2.30. The van der Waals surface area contributed by atoms with Gasteiger partial charge in [0.2, 0.25) is 0 Å². The van der Waals surface area contributed by atoms with E-state index in [0.717, 1.165) is 17.2 Å². The molecule has 0 aliphatic heterocycles. The van der Waals surface area contributed by atoms with Crippen molar-refractivity contribution in [1.82, 2.24) is 9.88 Å². The SMILES string of the molecule is CCN(C)C(=O)Oc1ccc2c(C=O)c[nH]c2c1. The first-order chi connectivity index (χ1) is 8.65. The van der Waals surface area contributed by atoms with Crippen molar-refractivity contribution < 1.29 is 14.3 Å². The quantitative estimate of drug-likeness (QED) is 0.846. The van der Waals surface area contributed by atoms with Gasteiger partial charge in [-0.2, -0.15) is 0 Å². The number of nitrogens with one attached hydrogen (secondary N) is 1. The highest BCUT2D eigenvalue weighted by atomic mass is 16.6. The lowest BCUT2D eigenvalue weighted by Crippen LogP contribution is -2.29. The molecule has 5 nitrogen and oxygen atoms in total. The zero-order chi connectivity index (χ0) is 13.1. The summed E-state index contributed by atoms with van der Waals surface area (Å²) in [4.78, 5) is 26.8. The first-order valence-corrected chi connectivity index (χ1v) is 5.65. The summed E-state index contributed by atoms with van der Waals surface area (Å²) >= 11 is 0. The standard InChI is InChI=1S/C13H14N2O3/c1-3-15(2)13(17)18-10-4-5-11-9(8-16)7-14-12(11)6-10/h4-8,14H,3H2,1-2H3. The van der Waals surface area contributed by atoms with Gasteiger partial charge in [-0.05, 0) is 19.1 Å². The van der Waals surface area contributed by atoms with E-state index in [4.69, 9.17) is 4.74 Å². The molecule has 1 heterocycles. The Balaban J connectivity index is 2.25. The second-order valence-electron chi connectivity index (χ2n) is 3.95. The van der Waals surface area contributed by atoms with Gasteiger partial charge in [-0.25, -0.2) is 4.79 Å². The summed E-state index contributed by atoms with van der Waals surface area (Å²) < 4.78 is 5.20. The van der Waals surface area contributed by atoms with Crippen molar-refractivity contribution in [3.05, 3.63) is 30.0 Å². The molecule has 0 aliphatic carbocycles. The molecule has 2 rings (SSSR count). The predicted octanol–water partition coefficient (Wildman–Crippen LogP) is 2.43. The van der Waals surface area contributed by atoms with Gasteiger partial charge in [0.1, 0.15) is 5.75 Å². The Labute approximate surface area is 104 Å². The fourth-order valence-electron chi connectivity index (χ4n) is 1.60. The van der Waals surface area contributed by atoms with E-state index in [1.165, 1.54) is 4.90 Å². The van der Waals surface area contributed by atoms with E-state index >= 15 is 0 Å². The fraction of sp³-hybridized carbons (Fsp3) is 0.231. The van der Waals surface area contributed by atoms with Gasteiger partial charge in [-0.1, -0.05) is 0 Å². The monoisotopic (exact) mass is 246 g/mol. The maximum Gasteiger partial charge on any atom is 0.414 e. The van der Waals surface area contributed by atoms with Gasteiger partial charge in [0.15, 0.2) is 6.29 Å². The smallest absolute Gasteiger partial charge is 0.410 e. The maximum absolute atomic E-state index is 11.6. The number of aldehydes is 1. The molecule has 1 amide bonds. The van der Waals surface area contributed by atoms with Crippen LogP contribution in [0.4, 0.5) is 4.79 Å².